The molecule has 2 fully saturated rings. The minimum atomic E-state index is 0.112. The Bertz CT molecular complexity index is 238. The van der Waals surface area contributed by atoms with Crippen molar-refractivity contribution in [1.82, 2.24) is 4.90 Å². The van der Waals surface area contributed by atoms with Crippen LogP contribution in [-0.2, 0) is 9.53 Å². The molecule has 1 N–H and O–H groups in total. The van der Waals surface area contributed by atoms with Crippen LogP contribution < -0.4 is 0 Å². The van der Waals surface area contributed by atoms with Crippen molar-refractivity contribution >= 4 is 5.91 Å². The van der Waals surface area contributed by atoms with Crippen molar-refractivity contribution in [2.24, 2.45) is 5.92 Å². The Morgan fingerprint density at radius 2 is 2.47 bits per heavy atom. The second-order valence-corrected chi connectivity index (χ2v) is 4.59. The number of likely N-dealkylation sites (tertiary alicyclic amines) is 1. The number of amides is 1. The molecule has 3 atom stereocenters. The Morgan fingerprint density at radius 3 is 3.00 bits per heavy atom. The van der Waals surface area contributed by atoms with Gasteiger partial charge in [-0.2, -0.15) is 0 Å². The van der Waals surface area contributed by atoms with Crippen molar-refractivity contribution in [2.75, 3.05) is 19.8 Å². The zero-order valence-electron chi connectivity index (χ0n) is 9.19. The monoisotopic (exact) mass is 213 g/mol. The van der Waals surface area contributed by atoms with Gasteiger partial charge in [0.25, 0.3) is 0 Å². The van der Waals surface area contributed by atoms with E-state index in [-0.39, 0.29) is 30.6 Å². The first-order chi connectivity index (χ1) is 7.22. The summed E-state index contributed by atoms with van der Waals surface area (Å²) in [6, 6.07) is 0.163. The van der Waals surface area contributed by atoms with E-state index in [0.717, 1.165) is 19.4 Å². The zero-order chi connectivity index (χ0) is 10.8. The standard InChI is InChI=1S/C11H19NO3/c1-8(10-3-2-4-15-10)12-6-9(7-13)5-11(12)14/h8-10,13H,2-7H2,1H3. The minimum Gasteiger partial charge on any atom is -0.396 e. The van der Waals surface area contributed by atoms with E-state index in [2.05, 4.69) is 0 Å². The van der Waals surface area contributed by atoms with Crippen LogP contribution in [0.15, 0.2) is 0 Å². The summed E-state index contributed by atoms with van der Waals surface area (Å²) in [6.45, 7) is 3.67. The van der Waals surface area contributed by atoms with E-state index in [1.54, 1.807) is 0 Å². The number of rotatable bonds is 3. The molecule has 0 bridgehead atoms. The van der Waals surface area contributed by atoms with Crippen LogP contribution in [0.3, 0.4) is 0 Å². The van der Waals surface area contributed by atoms with E-state index in [9.17, 15) is 4.79 Å². The molecule has 4 heteroatoms. The molecule has 2 aliphatic heterocycles. The molecular formula is C11H19NO3. The molecule has 0 aromatic heterocycles. The number of aliphatic hydroxyl groups excluding tert-OH is 1. The van der Waals surface area contributed by atoms with Crippen molar-refractivity contribution in [2.45, 2.75) is 38.3 Å². The molecule has 0 saturated carbocycles. The largest absolute Gasteiger partial charge is 0.396 e. The van der Waals surface area contributed by atoms with Gasteiger partial charge in [0.15, 0.2) is 0 Å². The highest BCUT2D eigenvalue weighted by molar-refractivity contribution is 5.79. The van der Waals surface area contributed by atoms with E-state index in [1.165, 1.54) is 0 Å². The van der Waals surface area contributed by atoms with Crippen molar-refractivity contribution < 1.29 is 14.6 Å². The lowest BCUT2D eigenvalue weighted by molar-refractivity contribution is -0.131. The Hall–Kier alpha value is -0.610. The maximum absolute atomic E-state index is 11.7. The first kappa shape index (κ1) is 10.9. The maximum atomic E-state index is 11.7. The first-order valence-corrected chi connectivity index (χ1v) is 5.74. The molecule has 86 valence electrons. The number of hydrogen-bond donors (Lipinski definition) is 1. The zero-order valence-corrected chi connectivity index (χ0v) is 9.19. The van der Waals surface area contributed by atoms with E-state index >= 15 is 0 Å². The average molecular weight is 213 g/mol. The summed E-state index contributed by atoms with van der Waals surface area (Å²) >= 11 is 0. The van der Waals surface area contributed by atoms with E-state index in [0.29, 0.717) is 13.0 Å². The van der Waals surface area contributed by atoms with E-state index < -0.39 is 0 Å². The lowest BCUT2D eigenvalue weighted by atomic mass is 10.1. The summed E-state index contributed by atoms with van der Waals surface area (Å²) in [5.74, 6) is 0.290. The molecule has 0 aromatic rings. The van der Waals surface area contributed by atoms with Crippen LogP contribution in [0.2, 0.25) is 0 Å². The minimum absolute atomic E-state index is 0.112. The Kier molecular flexibility index (Phi) is 3.26. The van der Waals surface area contributed by atoms with Gasteiger partial charge in [0, 0.05) is 32.1 Å². The Labute approximate surface area is 90.2 Å². The number of aliphatic hydroxyl groups is 1. The van der Waals surface area contributed by atoms with E-state index in [1.807, 2.05) is 11.8 Å². The smallest absolute Gasteiger partial charge is 0.223 e. The second-order valence-electron chi connectivity index (χ2n) is 4.59. The van der Waals surface area contributed by atoms with Crippen LogP contribution >= 0.6 is 0 Å². The van der Waals surface area contributed by atoms with Gasteiger partial charge in [0.2, 0.25) is 5.91 Å². The highest BCUT2D eigenvalue weighted by atomic mass is 16.5. The summed E-state index contributed by atoms with van der Waals surface area (Å²) in [7, 11) is 0. The van der Waals surface area contributed by atoms with Crippen LogP contribution in [0.1, 0.15) is 26.2 Å². The third-order valence-corrected chi connectivity index (χ3v) is 3.49. The predicted molar refractivity (Wildman–Crippen MR) is 55.3 cm³/mol. The topological polar surface area (TPSA) is 49.8 Å². The van der Waals surface area contributed by atoms with Gasteiger partial charge < -0.3 is 14.7 Å². The number of carbonyl (C=O) groups excluding carboxylic acids is 1. The molecule has 4 nitrogen and oxygen atoms in total. The molecule has 2 saturated heterocycles. The fourth-order valence-corrected chi connectivity index (χ4v) is 2.51. The number of nitrogens with zero attached hydrogens (tertiary/aromatic N) is 1. The quantitative estimate of drug-likeness (QED) is 0.738. The first-order valence-electron chi connectivity index (χ1n) is 5.74. The lowest BCUT2D eigenvalue weighted by Gasteiger charge is -2.29. The van der Waals surface area contributed by atoms with Crippen LogP contribution in [0.25, 0.3) is 0 Å². The normalized spacial score (nSPS) is 33.7. The van der Waals surface area contributed by atoms with Gasteiger partial charge in [0.1, 0.15) is 0 Å². The fraction of sp³-hybridized carbons (Fsp3) is 0.909. The molecule has 0 spiro atoms. The van der Waals surface area contributed by atoms with Gasteiger partial charge in [-0.3, -0.25) is 4.79 Å². The molecule has 3 unspecified atom stereocenters. The SMILES string of the molecule is CC(C1CCCO1)N1CC(CO)CC1=O. The van der Waals surface area contributed by atoms with Gasteiger partial charge in [-0.15, -0.1) is 0 Å². The summed E-state index contributed by atoms with van der Waals surface area (Å²) < 4.78 is 5.59. The molecule has 15 heavy (non-hydrogen) atoms. The van der Waals surface area contributed by atoms with Crippen molar-refractivity contribution in [3.63, 3.8) is 0 Å². The third-order valence-electron chi connectivity index (χ3n) is 3.49. The van der Waals surface area contributed by atoms with Gasteiger partial charge in [-0.25, -0.2) is 0 Å². The van der Waals surface area contributed by atoms with Crippen LogP contribution in [0, 0.1) is 5.92 Å². The Balaban J connectivity index is 1.94. The molecule has 2 heterocycles. The number of carbonyl (C=O) groups is 1. The molecular weight excluding hydrogens is 194 g/mol. The van der Waals surface area contributed by atoms with Crippen LogP contribution in [-0.4, -0.2) is 47.8 Å². The number of ether oxygens (including phenoxy) is 1. The highest BCUT2D eigenvalue weighted by Crippen LogP contribution is 2.25. The molecule has 0 aromatic carbocycles. The van der Waals surface area contributed by atoms with E-state index in [4.69, 9.17) is 9.84 Å². The summed E-state index contributed by atoms with van der Waals surface area (Å²) in [6.07, 6.45) is 2.84. The molecule has 2 aliphatic rings. The van der Waals surface area contributed by atoms with Crippen molar-refractivity contribution in [3.8, 4) is 0 Å². The van der Waals surface area contributed by atoms with Gasteiger partial charge in [0.05, 0.1) is 12.1 Å². The van der Waals surface area contributed by atoms with Crippen LogP contribution in [0.4, 0.5) is 0 Å². The Morgan fingerprint density at radius 1 is 1.67 bits per heavy atom. The molecule has 0 radical (unpaired) electrons. The van der Waals surface area contributed by atoms with Crippen LogP contribution in [0.5, 0.6) is 0 Å². The highest BCUT2D eigenvalue weighted by Gasteiger charge is 2.36. The van der Waals surface area contributed by atoms with Gasteiger partial charge >= 0.3 is 0 Å². The molecule has 0 aliphatic carbocycles. The third kappa shape index (κ3) is 2.16. The average Bonchev–Trinajstić information content (AvgIpc) is 2.85. The van der Waals surface area contributed by atoms with Crippen molar-refractivity contribution in [3.05, 3.63) is 0 Å². The van der Waals surface area contributed by atoms with Gasteiger partial charge in [-0.05, 0) is 19.8 Å². The maximum Gasteiger partial charge on any atom is 0.223 e. The second kappa shape index (κ2) is 4.49. The summed E-state index contributed by atoms with van der Waals surface area (Å²) in [5.41, 5.74) is 0. The van der Waals surface area contributed by atoms with Gasteiger partial charge in [-0.1, -0.05) is 0 Å². The van der Waals surface area contributed by atoms with Crippen molar-refractivity contribution in [1.29, 1.82) is 0 Å². The molecule has 2 rings (SSSR count). The molecule has 1 amide bonds. The summed E-state index contributed by atoms with van der Waals surface area (Å²) in [4.78, 5) is 13.6. The summed E-state index contributed by atoms with van der Waals surface area (Å²) in [5, 5.41) is 9.04. The fourth-order valence-electron chi connectivity index (χ4n) is 2.51. The predicted octanol–water partition coefficient (Wildman–Crippen LogP) is 0.395. The number of hydrogen-bond acceptors (Lipinski definition) is 3. The lowest BCUT2D eigenvalue weighted by Crippen LogP contribution is -2.42.